The van der Waals surface area contributed by atoms with Crippen molar-refractivity contribution in [3.05, 3.63) is 114 Å². The first kappa shape index (κ1) is 33.8. The molecule has 4 aromatic carbocycles. The van der Waals surface area contributed by atoms with Crippen LogP contribution in [0.5, 0.6) is 11.5 Å². The number of nitrogens with zero attached hydrogens (tertiary/aromatic N) is 4. The van der Waals surface area contributed by atoms with Crippen LogP contribution in [0.3, 0.4) is 0 Å². The average Bonchev–Trinajstić information content (AvgIpc) is 3.57. The summed E-state index contributed by atoms with van der Waals surface area (Å²) in [5, 5.41) is 2.36. The minimum absolute atomic E-state index is 0. The molecular formula is C42H44N4OPt. The quantitative estimate of drug-likeness (QED) is 0.166. The Balaban J connectivity index is 0.00000401. The summed E-state index contributed by atoms with van der Waals surface area (Å²) >= 11 is 0. The third kappa shape index (κ3) is 6.03. The van der Waals surface area contributed by atoms with Gasteiger partial charge in [0.15, 0.2) is 0 Å². The fourth-order valence-electron chi connectivity index (χ4n) is 6.67. The summed E-state index contributed by atoms with van der Waals surface area (Å²) in [6.45, 7) is 21.0. The maximum atomic E-state index is 6.55. The van der Waals surface area contributed by atoms with E-state index in [4.69, 9.17) is 9.72 Å². The van der Waals surface area contributed by atoms with Crippen molar-refractivity contribution < 1.29 is 25.8 Å². The second-order valence-corrected chi connectivity index (χ2v) is 15.7. The van der Waals surface area contributed by atoms with Crippen molar-refractivity contribution in [2.24, 2.45) is 0 Å². The van der Waals surface area contributed by atoms with E-state index in [-0.39, 0.29) is 37.4 Å². The van der Waals surface area contributed by atoms with Crippen molar-refractivity contribution in [1.29, 1.82) is 0 Å². The van der Waals surface area contributed by atoms with Gasteiger partial charge < -0.3 is 19.1 Å². The number of fused-ring (bicyclic) bond motifs is 4. The standard InChI is InChI=1S/C42H44N4O.Pt/c1-40(2,3)28-22-23-43-38(24-28)46-36-19-13-16-33(41(4,5)6)39(36)32-21-20-31(26-37(32)46)47-30-15-12-14-29(25-30)44-27-45(42(7,8)9)35-18-11-10-17-34(35)44;/h10-24H,27H2,1-9H3;/q-2;+2. The van der Waals surface area contributed by atoms with Crippen LogP contribution >= 0.6 is 0 Å². The van der Waals surface area contributed by atoms with E-state index in [1.165, 1.54) is 27.9 Å². The van der Waals surface area contributed by atoms with Gasteiger partial charge in [0.1, 0.15) is 5.82 Å². The Morgan fingerprint density at radius 3 is 2.12 bits per heavy atom. The van der Waals surface area contributed by atoms with Gasteiger partial charge in [-0.15, -0.1) is 35.7 Å². The van der Waals surface area contributed by atoms with Gasteiger partial charge in [-0.3, -0.25) is 0 Å². The van der Waals surface area contributed by atoms with E-state index in [1.54, 1.807) is 0 Å². The number of hydrogen-bond donors (Lipinski definition) is 0. The number of rotatable bonds is 4. The fraction of sp³-hybridized carbons (Fsp3) is 0.310. The maximum absolute atomic E-state index is 6.55. The van der Waals surface area contributed by atoms with Crippen LogP contribution in [-0.4, -0.2) is 21.8 Å². The summed E-state index contributed by atoms with van der Waals surface area (Å²) in [5.41, 5.74) is 7.89. The Bertz CT molecular complexity index is 2130. The fourth-order valence-corrected chi connectivity index (χ4v) is 6.67. The van der Waals surface area contributed by atoms with E-state index in [0.717, 1.165) is 34.6 Å². The summed E-state index contributed by atoms with van der Waals surface area (Å²) in [6.07, 6.45) is 1.92. The van der Waals surface area contributed by atoms with E-state index in [2.05, 4.69) is 156 Å². The van der Waals surface area contributed by atoms with Gasteiger partial charge in [-0.25, -0.2) is 4.98 Å². The van der Waals surface area contributed by atoms with Crippen LogP contribution in [0.4, 0.5) is 17.1 Å². The van der Waals surface area contributed by atoms with Crippen LogP contribution in [0.15, 0.2) is 91.1 Å². The molecule has 0 bridgehead atoms. The van der Waals surface area contributed by atoms with Gasteiger partial charge in [-0.2, -0.15) is 12.1 Å². The van der Waals surface area contributed by atoms with E-state index in [9.17, 15) is 0 Å². The van der Waals surface area contributed by atoms with Crippen LogP contribution in [0.25, 0.3) is 27.6 Å². The zero-order valence-electron chi connectivity index (χ0n) is 29.4. The van der Waals surface area contributed by atoms with Crippen LogP contribution in [0.2, 0.25) is 0 Å². The Morgan fingerprint density at radius 1 is 0.708 bits per heavy atom. The summed E-state index contributed by atoms with van der Waals surface area (Å²) in [5.74, 6) is 2.16. The van der Waals surface area contributed by atoms with E-state index < -0.39 is 0 Å². The van der Waals surface area contributed by atoms with Crippen molar-refractivity contribution in [2.45, 2.75) is 78.7 Å². The van der Waals surface area contributed by atoms with E-state index in [0.29, 0.717) is 11.5 Å². The molecule has 0 N–H and O–H groups in total. The minimum atomic E-state index is -0.0410. The van der Waals surface area contributed by atoms with Crippen molar-refractivity contribution in [3.8, 4) is 17.3 Å². The van der Waals surface area contributed by atoms with E-state index >= 15 is 0 Å². The normalized spacial score (nSPS) is 13.6. The SMILES string of the molecule is CC(C)(C)c1ccnc(-n2c3[c-]c(Oc4[c-]c(N5CN(C(C)(C)C)c6ccccc65)ccc4)ccc3c3c(C(C)(C)C)cccc32)c1.[Pt+2]. The molecule has 0 atom stereocenters. The number of aromatic nitrogens is 2. The molecular weight excluding hydrogens is 772 g/mol. The van der Waals surface area contributed by atoms with Gasteiger partial charge in [-0.05, 0) is 78.4 Å². The van der Waals surface area contributed by atoms with Gasteiger partial charge in [-0.1, -0.05) is 77.0 Å². The first-order valence-corrected chi connectivity index (χ1v) is 16.5. The molecule has 0 spiro atoms. The van der Waals surface area contributed by atoms with Crippen molar-refractivity contribution in [2.75, 3.05) is 16.5 Å². The second kappa shape index (κ2) is 12.1. The summed E-state index contributed by atoms with van der Waals surface area (Å²) < 4.78 is 8.79. The van der Waals surface area contributed by atoms with Crippen molar-refractivity contribution in [3.63, 3.8) is 0 Å². The smallest absolute Gasteiger partial charge is 0.509 e. The molecule has 48 heavy (non-hydrogen) atoms. The predicted octanol–water partition coefficient (Wildman–Crippen LogP) is 10.9. The predicted molar refractivity (Wildman–Crippen MR) is 196 cm³/mol. The number of benzene rings is 4. The van der Waals surface area contributed by atoms with Crippen LogP contribution in [0, 0.1) is 12.1 Å². The third-order valence-corrected chi connectivity index (χ3v) is 9.14. The van der Waals surface area contributed by atoms with E-state index in [1.807, 2.05) is 24.4 Å². The van der Waals surface area contributed by atoms with Crippen LogP contribution in [-0.2, 0) is 31.9 Å². The Kier molecular flexibility index (Phi) is 8.53. The summed E-state index contributed by atoms with van der Waals surface area (Å²) in [7, 11) is 0. The molecule has 6 heteroatoms. The van der Waals surface area contributed by atoms with Gasteiger partial charge >= 0.3 is 21.1 Å². The number of pyridine rings is 1. The summed E-state index contributed by atoms with van der Waals surface area (Å²) in [6, 6.07) is 37.0. The first-order chi connectivity index (χ1) is 22.2. The number of para-hydroxylation sites is 2. The molecule has 1 aliphatic rings. The van der Waals surface area contributed by atoms with Gasteiger partial charge in [0.2, 0.25) is 0 Å². The van der Waals surface area contributed by atoms with Gasteiger partial charge in [0.05, 0.1) is 18.0 Å². The molecule has 7 rings (SSSR count). The Hall–Kier alpha value is -4.08. The van der Waals surface area contributed by atoms with Crippen molar-refractivity contribution in [1.82, 2.24) is 9.55 Å². The molecule has 6 aromatic rings. The Labute approximate surface area is 299 Å². The first-order valence-electron chi connectivity index (χ1n) is 16.5. The molecule has 248 valence electrons. The molecule has 0 unspecified atom stereocenters. The maximum Gasteiger partial charge on any atom is 2.00 e. The molecule has 0 saturated carbocycles. The van der Waals surface area contributed by atoms with Crippen LogP contribution in [0.1, 0.15) is 73.4 Å². The molecule has 0 fully saturated rings. The zero-order chi connectivity index (χ0) is 33.3. The second-order valence-electron chi connectivity index (χ2n) is 15.7. The molecule has 1 aliphatic heterocycles. The zero-order valence-corrected chi connectivity index (χ0v) is 31.7. The van der Waals surface area contributed by atoms with Gasteiger partial charge in [0.25, 0.3) is 0 Å². The topological polar surface area (TPSA) is 33.5 Å². The minimum Gasteiger partial charge on any atom is -0.509 e. The summed E-state index contributed by atoms with van der Waals surface area (Å²) in [4.78, 5) is 9.62. The van der Waals surface area contributed by atoms with Gasteiger partial charge in [0, 0.05) is 28.8 Å². The molecule has 0 radical (unpaired) electrons. The molecule has 0 amide bonds. The third-order valence-electron chi connectivity index (χ3n) is 9.14. The monoisotopic (exact) mass is 815 g/mol. The van der Waals surface area contributed by atoms with Crippen LogP contribution < -0.4 is 14.5 Å². The number of hydrogen-bond acceptors (Lipinski definition) is 4. The number of ether oxygens (including phenoxy) is 1. The molecule has 5 nitrogen and oxygen atoms in total. The largest absolute Gasteiger partial charge is 2.00 e. The molecule has 2 aromatic heterocycles. The molecule has 0 saturated heterocycles. The number of anilines is 3. The molecule has 0 aliphatic carbocycles. The Morgan fingerprint density at radius 2 is 1.42 bits per heavy atom. The average molecular weight is 816 g/mol. The molecule has 3 heterocycles. The van der Waals surface area contributed by atoms with Crippen molar-refractivity contribution >= 4 is 38.9 Å².